The number of rotatable bonds is 8. The summed E-state index contributed by atoms with van der Waals surface area (Å²) in [5.41, 5.74) is 1.89. The van der Waals surface area contributed by atoms with Crippen molar-refractivity contribution in [2.45, 2.75) is 38.6 Å². The summed E-state index contributed by atoms with van der Waals surface area (Å²) >= 11 is 0. The normalized spacial score (nSPS) is 20.0. The Bertz CT molecular complexity index is 947. The van der Waals surface area contributed by atoms with Crippen molar-refractivity contribution in [1.29, 1.82) is 0 Å². The number of hydrogen-bond donors (Lipinski definition) is 0. The fraction of sp³-hybridized carbons (Fsp3) is 0.593. The van der Waals surface area contributed by atoms with Crippen molar-refractivity contribution in [3.05, 3.63) is 36.4 Å². The number of aromatic nitrogens is 2. The van der Waals surface area contributed by atoms with Crippen LogP contribution in [0.1, 0.15) is 32.6 Å². The van der Waals surface area contributed by atoms with Crippen LogP contribution in [-0.2, 0) is 4.79 Å². The van der Waals surface area contributed by atoms with E-state index in [1.54, 1.807) is 0 Å². The third-order valence-electron chi connectivity index (χ3n) is 7.59. The molecule has 2 saturated heterocycles. The van der Waals surface area contributed by atoms with E-state index in [1.165, 1.54) is 19.3 Å². The molecule has 1 amide bonds. The quantitative estimate of drug-likeness (QED) is 0.578. The van der Waals surface area contributed by atoms with E-state index < -0.39 is 0 Å². The van der Waals surface area contributed by atoms with Crippen LogP contribution in [0.25, 0.3) is 11.3 Å². The monoisotopic (exact) mass is 478 g/mol. The highest BCUT2D eigenvalue weighted by Gasteiger charge is 2.30. The van der Waals surface area contributed by atoms with Crippen LogP contribution in [0.2, 0.25) is 0 Å². The van der Waals surface area contributed by atoms with Gasteiger partial charge in [-0.25, -0.2) is 0 Å². The summed E-state index contributed by atoms with van der Waals surface area (Å²) in [4.78, 5) is 22.0. The lowest BCUT2D eigenvalue weighted by atomic mass is 9.91. The fourth-order valence-corrected chi connectivity index (χ4v) is 5.10. The number of nitrogens with zero attached hydrogens (tertiary/aromatic N) is 6. The van der Waals surface area contributed by atoms with E-state index >= 15 is 0 Å². The van der Waals surface area contributed by atoms with Crippen LogP contribution in [0.5, 0.6) is 5.75 Å². The first-order chi connectivity index (χ1) is 17.2. The third kappa shape index (κ3) is 5.93. The van der Waals surface area contributed by atoms with Gasteiger partial charge in [-0.2, -0.15) is 0 Å². The molecule has 0 bridgehead atoms. The van der Waals surface area contributed by atoms with Gasteiger partial charge in [0.1, 0.15) is 5.75 Å². The van der Waals surface area contributed by atoms with E-state index in [0.717, 1.165) is 94.3 Å². The van der Waals surface area contributed by atoms with Gasteiger partial charge in [0.2, 0.25) is 5.91 Å². The Balaban J connectivity index is 1.07. The highest BCUT2D eigenvalue weighted by molar-refractivity contribution is 5.78. The standard InChI is InChI=1S/C27H38N6O2/c1-2-20-35-24-8-6-22(7-9-24)25-10-11-26(29-28-25)32-14-12-30(13-15-32)21-27(34)33-18-16-31(17-19-33)23-4-3-5-23/h6-11,23H,2-5,12-21H2,1H3. The van der Waals surface area contributed by atoms with Gasteiger partial charge in [-0.1, -0.05) is 13.3 Å². The zero-order valence-corrected chi connectivity index (χ0v) is 20.9. The van der Waals surface area contributed by atoms with Gasteiger partial charge in [0, 0.05) is 64.0 Å². The van der Waals surface area contributed by atoms with E-state index in [-0.39, 0.29) is 5.91 Å². The van der Waals surface area contributed by atoms with Crippen LogP contribution >= 0.6 is 0 Å². The maximum absolute atomic E-state index is 12.8. The molecular weight excluding hydrogens is 440 g/mol. The van der Waals surface area contributed by atoms with Crippen molar-refractivity contribution in [2.75, 3.05) is 70.4 Å². The van der Waals surface area contributed by atoms with Crippen LogP contribution in [0.3, 0.4) is 0 Å². The summed E-state index contributed by atoms with van der Waals surface area (Å²) in [6.07, 6.45) is 5.05. The SMILES string of the molecule is CCCOc1ccc(-c2ccc(N3CCN(CC(=O)N4CCN(C5CCC5)CC4)CC3)nn2)cc1. The second-order valence-corrected chi connectivity index (χ2v) is 9.91. The largest absolute Gasteiger partial charge is 0.494 e. The lowest BCUT2D eigenvalue weighted by Gasteiger charge is -2.43. The van der Waals surface area contributed by atoms with E-state index in [9.17, 15) is 4.79 Å². The van der Waals surface area contributed by atoms with Crippen LogP contribution < -0.4 is 9.64 Å². The molecule has 1 saturated carbocycles. The van der Waals surface area contributed by atoms with Crippen LogP contribution in [-0.4, -0.2) is 102 Å². The Morgan fingerprint density at radius 2 is 1.66 bits per heavy atom. The average Bonchev–Trinajstić information content (AvgIpc) is 2.88. The molecule has 2 aromatic rings. The van der Waals surface area contributed by atoms with Gasteiger partial charge in [-0.15, -0.1) is 10.2 Å². The lowest BCUT2D eigenvalue weighted by Crippen LogP contribution is -2.56. The molecule has 3 heterocycles. The Kier molecular flexibility index (Phi) is 7.79. The highest BCUT2D eigenvalue weighted by atomic mass is 16.5. The number of benzene rings is 1. The Hall–Kier alpha value is -2.71. The van der Waals surface area contributed by atoms with Crippen molar-refractivity contribution >= 4 is 11.7 Å². The van der Waals surface area contributed by atoms with Gasteiger partial charge in [-0.3, -0.25) is 14.6 Å². The molecule has 1 aromatic heterocycles. The first kappa shape index (κ1) is 24.0. The maximum Gasteiger partial charge on any atom is 0.236 e. The average molecular weight is 479 g/mol. The summed E-state index contributed by atoms with van der Waals surface area (Å²) < 4.78 is 5.66. The second kappa shape index (κ2) is 11.4. The summed E-state index contributed by atoms with van der Waals surface area (Å²) in [6, 6.07) is 12.9. The molecular formula is C27H38N6O2. The van der Waals surface area contributed by atoms with E-state index in [1.807, 2.05) is 36.4 Å². The molecule has 3 fully saturated rings. The summed E-state index contributed by atoms with van der Waals surface area (Å²) in [5.74, 6) is 2.06. The fourth-order valence-electron chi connectivity index (χ4n) is 5.10. The molecule has 35 heavy (non-hydrogen) atoms. The molecule has 188 valence electrons. The molecule has 0 N–H and O–H groups in total. The Morgan fingerprint density at radius 1 is 0.914 bits per heavy atom. The van der Waals surface area contributed by atoms with Gasteiger partial charge in [0.15, 0.2) is 5.82 Å². The Labute approximate surface area is 208 Å². The van der Waals surface area contributed by atoms with Crippen LogP contribution in [0, 0.1) is 0 Å². The minimum absolute atomic E-state index is 0.280. The number of ether oxygens (including phenoxy) is 1. The summed E-state index contributed by atoms with van der Waals surface area (Å²) in [7, 11) is 0. The summed E-state index contributed by atoms with van der Waals surface area (Å²) in [6.45, 7) is 10.7. The zero-order valence-electron chi connectivity index (χ0n) is 20.9. The van der Waals surface area contributed by atoms with E-state index in [4.69, 9.17) is 4.74 Å². The first-order valence-electron chi connectivity index (χ1n) is 13.3. The molecule has 0 spiro atoms. The van der Waals surface area contributed by atoms with Gasteiger partial charge < -0.3 is 14.5 Å². The minimum atomic E-state index is 0.280. The van der Waals surface area contributed by atoms with E-state index in [2.05, 4.69) is 36.7 Å². The maximum atomic E-state index is 12.8. The van der Waals surface area contributed by atoms with Gasteiger partial charge in [0.05, 0.1) is 18.8 Å². The number of piperazine rings is 2. The second-order valence-electron chi connectivity index (χ2n) is 9.91. The predicted molar refractivity (Wildman–Crippen MR) is 138 cm³/mol. The van der Waals surface area contributed by atoms with Gasteiger partial charge >= 0.3 is 0 Å². The third-order valence-corrected chi connectivity index (χ3v) is 7.59. The smallest absolute Gasteiger partial charge is 0.236 e. The van der Waals surface area contributed by atoms with Crippen LogP contribution in [0.4, 0.5) is 5.82 Å². The molecule has 0 unspecified atom stereocenters. The molecule has 8 nitrogen and oxygen atoms in total. The van der Waals surface area contributed by atoms with Gasteiger partial charge in [0.25, 0.3) is 0 Å². The van der Waals surface area contributed by atoms with Gasteiger partial charge in [-0.05, 0) is 55.7 Å². The molecule has 1 aliphatic carbocycles. The van der Waals surface area contributed by atoms with Crippen molar-refractivity contribution in [3.8, 4) is 17.0 Å². The Morgan fingerprint density at radius 3 is 2.26 bits per heavy atom. The van der Waals surface area contributed by atoms with Crippen molar-refractivity contribution in [1.82, 2.24) is 24.9 Å². The molecule has 5 rings (SSSR count). The number of anilines is 1. The zero-order chi connectivity index (χ0) is 24.0. The molecule has 1 aromatic carbocycles. The molecule has 3 aliphatic rings. The molecule has 8 heteroatoms. The summed E-state index contributed by atoms with van der Waals surface area (Å²) in [5, 5.41) is 8.95. The lowest BCUT2D eigenvalue weighted by molar-refractivity contribution is -0.134. The minimum Gasteiger partial charge on any atom is -0.494 e. The number of carbonyl (C=O) groups excluding carboxylic acids is 1. The number of carbonyl (C=O) groups is 1. The topological polar surface area (TPSA) is 65.0 Å². The van der Waals surface area contributed by atoms with Crippen LogP contribution in [0.15, 0.2) is 36.4 Å². The molecule has 0 atom stereocenters. The van der Waals surface area contributed by atoms with Crippen molar-refractivity contribution < 1.29 is 9.53 Å². The number of amides is 1. The van der Waals surface area contributed by atoms with Crippen molar-refractivity contribution in [3.63, 3.8) is 0 Å². The van der Waals surface area contributed by atoms with Crippen molar-refractivity contribution in [2.24, 2.45) is 0 Å². The highest BCUT2D eigenvalue weighted by Crippen LogP contribution is 2.26. The first-order valence-corrected chi connectivity index (χ1v) is 13.3. The molecule has 2 aliphatic heterocycles. The predicted octanol–water partition coefficient (Wildman–Crippen LogP) is 2.75. The van der Waals surface area contributed by atoms with E-state index in [0.29, 0.717) is 6.54 Å². The number of hydrogen-bond acceptors (Lipinski definition) is 7. The molecule has 0 radical (unpaired) electrons.